The lowest BCUT2D eigenvalue weighted by Gasteiger charge is -2.36. The average Bonchev–Trinajstić information content (AvgIpc) is 2.45. The molecule has 8 heteroatoms. The highest BCUT2D eigenvalue weighted by atomic mass is 79.9. The largest absolute Gasteiger partial charge is 0.481 e. The van der Waals surface area contributed by atoms with Crippen LogP contribution in [0.5, 0.6) is 0 Å². The van der Waals surface area contributed by atoms with Gasteiger partial charge in [-0.25, -0.2) is 9.18 Å². The summed E-state index contributed by atoms with van der Waals surface area (Å²) < 4.78 is 14.2. The first-order valence-electron chi connectivity index (χ1n) is 6.67. The van der Waals surface area contributed by atoms with Gasteiger partial charge in [0, 0.05) is 17.6 Å². The number of nitrogens with one attached hydrogen (secondary N) is 1. The van der Waals surface area contributed by atoms with Crippen molar-refractivity contribution in [3.05, 3.63) is 27.4 Å². The van der Waals surface area contributed by atoms with Gasteiger partial charge in [-0.15, -0.1) is 0 Å². The third-order valence-electron chi connectivity index (χ3n) is 3.92. The Kier molecular flexibility index (Phi) is 4.97. The van der Waals surface area contributed by atoms with Crippen LogP contribution in [-0.2, 0) is 4.79 Å². The molecule has 0 bridgehead atoms. The van der Waals surface area contributed by atoms with E-state index in [1.165, 1.54) is 17.0 Å². The van der Waals surface area contributed by atoms with Crippen LogP contribution < -0.4 is 5.32 Å². The fourth-order valence-corrected chi connectivity index (χ4v) is 2.71. The monoisotopic (exact) mass is 392 g/mol. The third kappa shape index (κ3) is 3.52. The molecule has 5 nitrogen and oxygen atoms in total. The summed E-state index contributed by atoms with van der Waals surface area (Å²) in [4.78, 5) is 24.8. The SMILES string of the molecule is CC1(C(=O)O)CCN(C(=O)Nc2cc(Cl)c(Br)cc2F)CC1. The van der Waals surface area contributed by atoms with Crippen molar-refractivity contribution in [1.29, 1.82) is 0 Å². The summed E-state index contributed by atoms with van der Waals surface area (Å²) >= 11 is 8.98. The van der Waals surface area contributed by atoms with E-state index < -0.39 is 23.2 Å². The maximum absolute atomic E-state index is 13.8. The van der Waals surface area contributed by atoms with Crippen LogP contribution in [0.1, 0.15) is 19.8 Å². The molecule has 0 aliphatic carbocycles. The maximum atomic E-state index is 13.8. The zero-order valence-corrected chi connectivity index (χ0v) is 14.2. The first-order valence-corrected chi connectivity index (χ1v) is 7.84. The van der Waals surface area contributed by atoms with Crippen molar-refractivity contribution in [3.8, 4) is 0 Å². The summed E-state index contributed by atoms with van der Waals surface area (Å²) in [5.41, 5.74) is -0.826. The molecule has 2 N–H and O–H groups in total. The van der Waals surface area contributed by atoms with Gasteiger partial charge < -0.3 is 15.3 Å². The maximum Gasteiger partial charge on any atom is 0.321 e. The van der Waals surface area contributed by atoms with Gasteiger partial charge in [0.2, 0.25) is 0 Å². The second-order valence-electron chi connectivity index (χ2n) is 5.53. The highest BCUT2D eigenvalue weighted by Crippen LogP contribution is 2.32. The molecule has 1 aliphatic heterocycles. The zero-order valence-electron chi connectivity index (χ0n) is 11.8. The van der Waals surface area contributed by atoms with Crippen molar-refractivity contribution >= 4 is 45.2 Å². The standard InChI is InChI=1S/C14H15BrClFN2O3/c1-14(12(20)21)2-4-19(5-3-14)13(22)18-11-7-9(16)8(15)6-10(11)17/h6-7H,2-5H2,1H3,(H,18,22)(H,20,21). The second-order valence-corrected chi connectivity index (χ2v) is 6.79. The Morgan fingerprint density at radius 2 is 2.00 bits per heavy atom. The number of anilines is 1. The molecule has 22 heavy (non-hydrogen) atoms. The van der Waals surface area contributed by atoms with Crippen LogP contribution >= 0.6 is 27.5 Å². The number of halogens is 3. The Labute approximate surface area is 140 Å². The topological polar surface area (TPSA) is 69.6 Å². The Morgan fingerprint density at radius 1 is 1.41 bits per heavy atom. The number of likely N-dealkylation sites (tertiary alicyclic amines) is 1. The molecular formula is C14H15BrClFN2O3. The lowest BCUT2D eigenvalue weighted by molar-refractivity contribution is -0.150. The summed E-state index contributed by atoms with van der Waals surface area (Å²) in [6.07, 6.45) is 0.721. The molecule has 0 radical (unpaired) electrons. The predicted molar refractivity (Wildman–Crippen MR) is 84.7 cm³/mol. The van der Waals surface area contributed by atoms with Crippen molar-refractivity contribution in [1.82, 2.24) is 4.90 Å². The number of hydrogen-bond donors (Lipinski definition) is 2. The van der Waals surface area contributed by atoms with Gasteiger partial charge in [0.15, 0.2) is 0 Å². The van der Waals surface area contributed by atoms with E-state index in [1.54, 1.807) is 6.92 Å². The third-order valence-corrected chi connectivity index (χ3v) is 5.12. The Morgan fingerprint density at radius 3 is 2.55 bits per heavy atom. The van der Waals surface area contributed by atoms with Crippen molar-refractivity contribution in [2.24, 2.45) is 5.41 Å². The van der Waals surface area contributed by atoms with Crippen LogP contribution in [0.15, 0.2) is 16.6 Å². The van der Waals surface area contributed by atoms with Gasteiger partial charge in [-0.2, -0.15) is 0 Å². The van der Waals surface area contributed by atoms with E-state index in [2.05, 4.69) is 21.2 Å². The summed E-state index contributed by atoms with van der Waals surface area (Å²) in [7, 11) is 0. The van der Waals surface area contributed by atoms with Crippen molar-refractivity contribution in [2.45, 2.75) is 19.8 Å². The Hall–Kier alpha value is -1.34. The van der Waals surface area contributed by atoms with Crippen molar-refractivity contribution < 1.29 is 19.1 Å². The van der Waals surface area contributed by atoms with Gasteiger partial charge >= 0.3 is 12.0 Å². The first-order chi connectivity index (χ1) is 10.2. The minimum Gasteiger partial charge on any atom is -0.481 e. The van der Waals surface area contributed by atoms with Gasteiger partial charge in [-0.05, 0) is 47.8 Å². The number of piperidine rings is 1. The molecule has 0 atom stereocenters. The molecule has 1 saturated heterocycles. The number of carboxylic acid groups (broad SMARTS) is 1. The van der Waals surface area contributed by atoms with Gasteiger partial charge in [0.1, 0.15) is 5.82 Å². The number of amides is 2. The first kappa shape index (κ1) is 17.0. The molecule has 1 fully saturated rings. The van der Waals surface area contributed by atoms with Crippen LogP contribution in [0.3, 0.4) is 0 Å². The zero-order chi connectivity index (χ0) is 16.5. The molecule has 0 spiro atoms. The number of rotatable bonds is 2. The molecule has 1 heterocycles. The molecule has 120 valence electrons. The molecule has 1 aromatic rings. The number of carboxylic acids is 1. The number of hydrogen-bond acceptors (Lipinski definition) is 2. The van der Waals surface area contributed by atoms with Crippen LogP contribution in [0.2, 0.25) is 5.02 Å². The molecule has 2 rings (SSSR count). The van der Waals surface area contributed by atoms with Gasteiger partial charge in [0.05, 0.1) is 16.1 Å². The number of urea groups is 1. The van der Waals surface area contributed by atoms with E-state index in [9.17, 15) is 14.0 Å². The number of carbonyl (C=O) groups is 2. The highest BCUT2D eigenvalue weighted by Gasteiger charge is 2.38. The summed E-state index contributed by atoms with van der Waals surface area (Å²) in [5.74, 6) is -1.46. The molecule has 0 saturated carbocycles. The predicted octanol–water partition coefficient (Wildman–Crippen LogP) is 3.96. The van der Waals surface area contributed by atoms with Crippen molar-refractivity contribution in [2.75, 3.05) is 18.4 Å². The fraction of sp³-hybridized carbons (Fsp3) is 0.429. The molecule has 0 unspecified atom stereocenters. The fourth-order valence-electron chi connectivity index (χ4n) is 2.23. The minimum atomic E-state index is -0.863. The quantitative estimate of drug-likeness (QED) is 0.747. The van der Waals surface area contributed by atoms with E-state index in [4.69, 9.17) is 16.7 Å². The van der Waals surface area contributed by atoms with E-state index >= 15 is 0 Å². The van der Waals surface area contributed by atoms with Crippen LogP contribution in [0.4, 0.5) is 14.9 Å². The Balaban J connectivity index is 2.03. The molecule has 1 aliphatic rings. The highest BCUT2D eigenvalue weighted by molar-refractivity contribution is 9.10. The lowest BCUT2D eigenvalue weighted by atomic mass is 9.80. The van der Waals surface area contributed by atoms with E-state index in [0.717, 1.165) is 0 Å². The average molecular weight is 394 g/mol. The van der Waals surface area contributed by atoms with Crippen LogP contribution in [-0.4, -0.2) is 35.1 Å². The molecule has 1 aromatic carbocycles. The number of benzene rings is 1. The smallest absolute Gasteiger partial charge is 0.321 e. The molecular weight excluding hydrogens is 379 g/mol. The minimum absolute atomic E-state index is 0.00947. The molecule has 0 aromatic heterocycles. The number of carbonyl (C=O) groups excluding carboxylic acids is 1. The number of aliphatic carboxylic acids is 1. The van der Waals surface area contributed by atoms with E-state index in [1.807, 2.05) is 0 Å². The summed E-state index contributed by atoms with van der Waals surface area (Å²) in [6, 6.07) is 2.03. The van der Waals surface area contributed by atoms with Crippen molar-refractivity contribution in [3.63, 3.8) is 0 Å². The summed E-state index contributed by atoms with van der Waals surface area (Å²) in [5, 5.41) is 11.9. The molecule has 2 amide bonds. The van der Waals surface area contributed by atoms with Gasteiger partial charge in [-0.1, -0.05) is 11.6 Å². The van der Waals surface area contributed by atoms with Gasteiger partial charge in [-0.3, -0.25) is 4.79 Å². The lowest BCUT2D eigenvalue weighted by Crippen LogP contribution is -2.46. The van der Waals surface area contributed by atoms with E-state index in [-0.39, 0.29) is 10.7 Å². The van der Waals surface area contributed by atoms with Gasteiger partial charge in [0.25, 0.3) is 0 Å². The number of nitrogens with zero attached hydrogens (tertiary/aromatic N) is 1. The second kappa shape index (κ2) is 6.42. The normalized spacial score (nSPS) is 17.2. The van der Waals surface area contributed by atoms with Crippen LogP contribution in [0, 0.1) is 11.2 Å². The van der Waals surface area contributed by atoms with E-state index in [0.29, 0.717) is 30.4 Å². The Bertz CT molecular complexity index is 618. The summed E-state index contributed by atoms with van der Waals surface area (Å²) in [6.45, 7) is 2.28. The van der Waals surface area contributed by atoms with Crippen LogP contribution in [0.25, 0.3) is 0 Å².